The number of rotatable bonds is 3. The van der Waals surface area contributed by atoms with E-state index >= 15 is 0 Å². The molecule has 1 amide bonds. The van der Waals surface area contributed by atoms with Crippen molar-refractivity contribution in [3.8, 4) is 5.75 Å². The Bertz CT molecular complexity index is 604. The topological polar surface area (TPSA) is 75.9 Å². The molecule has 7 heteroatoms. The zero-order valence-electron chi connectivity index (χ0n) is 12.5. The van der Waals surface area contributed by atoms with Crippen LogP contribution in [-0.2, 0) is 0 Å². The fraction of sp³-hybridized carbons (Fsp3) is 0.533. The van der Waals surface area contributed by atoms with Crippen LogP contribution in [0, 0.1) is 10.1 Å². The van der Waals surface area contributed by atoms with Gasteiger partial charge in [0.25, 0.3) is 5.91 Å². The number of hydrogen-bond acceptors (Lipinski definition) is 5. The highest BCUT2D eigenvalue weighted by molar-refractivity contribution is 5.95. The maximum Gasteiger partial charge on any atom is 0.310 e. The molecule has 7 nitrogen and oxygen atoms in total. The van der Waals surface area contributed by atoms with Crippen molar-refractivity contribution in [2.75, 3.05) is 33.3 Å². The van der Waals surface area contributed by atoms with Gasteiger partial charge in [-0.3, -0.25) is 19.8 Å². The lowest BCUT2D eigenvalue weighted by atomic mass is 10.1. The largest absolute Gasteiger partial charge is 0.490 e. The minimum absolute atomic E-state index is 0.0836. The molecule has 0 saturated carbocycles. The SMILES string of the molecule is COc1cc(C(=O)N2CCN3CCCC3C2)ccc1[N+](=O)[O-]. The summed E-state index contributed by atoms with van der Waals surface area (Å²) in [4.78, 5) is 27.3. The summed E-state index contributed by atoms with van der Waals surface area (Å²) in [5.41, 5.74) is 0.313. The maximum absolute atomic E-state index is 12.6. The summed E-state index contributed by atoms with van der Waals surface area (Å²) in [7, 11) is 1.37. The second-order valence-electron chi connectivity index (χ2n) is 5.73. The molecule has 2 saturated heterocycles. The third kappa shape index (κ3) is 2.64. The van der Waals surface area contributed by atoms with Crippen LogP contribution in [0.15, 0.2) is 18.2 Å². The Morgan fingerprint density at radius 3 is 2.91 bits per heavy atom. The first-order valence-electron chi connectivity index (χ1n) is 7.46. The van der Waals surface area contributed by atoms with Crippen molar-refractivity contribution in [2.45, 2.75) is 18.9 Å². The Kier molecular flexibility index (Phi) is 3.98. The molecule has 0 N–H and O–H groups in total. The second-order valence-corrected chi connectivity index (χ2v) is 5.73. The molecular formula is C15H19N3O4. The minimum Gasteiger partial charge on any atom is -0.490 e. The van der Waals surface area contributed by atoms with E-state index in [1.54, 1.807) is 0 Å². The van der Waals surface area contributed by atoms with Gasteiger partial charge in [0.05, 0.1) is 12.0 Å². The van der Waals surface area contributed by atoms with Gasteiger partial charge in [-0.15, -0.1) is 0 Å². The van der Waals surface area contributed by atoms with Gasteiger partial charge in [-0.2, -0.15) is 0 Å². The standard InChI is InChI=1S/C15H19N3O4/c1-22-14-9-11(4-5-13(14)18(20)21)15(19)17-8-7-16-6-2-3-12(16)10-17/h4-5,9,12H,2-3,6-8,10H2,1H3. The van der Waals surface area contributed by atoms with Crippen LogP contribution in [0.5, 0.6) is 5.75 Å². The zero-order chi connectivity index (χ0) is 15.7. The summed E-state index contributed by atoms with van der Waals surface area (Å²) in [6.07, 6.45) is 2.32. The monoisotopic (exact) mass is 305 g/mol. The molecule has 2 fully saturated rings. The van der Waals surface area contributed by atoms with Crippen LogP contribution in [0.4, 0.5) is 5.69 Å². The van der Waals surface area contributed by atoms with E-state index in [-0.39, 0.29) is 17.3 Å². The number of nitro benzene ring substituents is 1. The highest BCUT2D eigenvalue weighted by atomic mass is 16.6. The fourth-order valence-corrected chi connectivity index (χ4v) is 3.32. The van der Waals surface area contributed by atoms with Crippen molar-refractivity contribution in [3.05, 3.63) is 33.9 Å². The van der Waals surface area contributed by atoms with E-state index in [9.17, 15) is 14.9 Å². The zero-order valence-corrected chi connectivity index (χ0v) is 12.5. The molecule has 0 aliphatic carbocycles. The Balaban J connectivity index is 1.78. The highest BCUT2D eigenvalue weighted by Gasteiger charge is 2.33. The highest BCUT2D eigenvalue weighted by Crippen LogP contribution is 2.29. The predicted molar refractivity (Wildman–Crippen MR) is 80.1 cm³/mol. The number of fused-ring (bicyclic) bond motifs is 1. The van der Waals surface area contributed by atoms with Gasteiger partial charge in [0, 0.05) is 43.4 Å². The number of hydrogen-bond donors (Lipinski definition) is 0. The number of piperazine rings is 1. The summed E-state index contributed by atoms with van der Waals surface area (Å²) in [6, 6.07) is 4.75. The maximum atomic E-state index is 12.6. The summed E-state index contributed by atoms with van der Waals surface area (Å²) in [6.45, 7) is 3.46. The molecule has 22 heavy (non-hydrogen) atoms. The van der Waals surface area contributed by atoms with Crippen LogP contribution in [-0.4, -0.2) is 60.0 Å². The Labute approximate surface area is 128 Å². The molecule has 2 heterocycles. The average molecular weight is 305 g/mol. The number of nitrogens with zero attached hydrogens (tertiary/aromatic N) is 3. The predicted octanol–water partition coefficient (Wildman–Crippen LogP) is 1.52. The summed E-state index contributed by atoms with van der Waals surface area (Å²) in [5, 5.41) is 10.9. The number of carbonyl (C=O) groups is 1. The number of carbonyl (C=O) groups excluding carboxylic acids is 1. The Morgan fingerprint density at radius 1 is 1.36 bits per heavy atom. The summed E-state index contributed by atoms with van der Waals surface area (Å²) >= 11 is 0. The first-order valence-corrected chi connectivity index (χ1v) is 7.46. The van der Waals surface area contributed by atoms with Gasteiger partial charge in [0.1, 0.15) is 0 Å². The molecule has 1 atom stereocenters. The van der Waals surface area contributed by atoms with Gasteiger partial charge in [0.2, 0.25) is 0 Å². The van der Waals surface area contributed by atoms with Crippen molar-refractivity contribution < 1.29 is 14.5 Å². The molecule has 2 aliphatic heterocycles. The third-order valence-electron chi connectivity index (χ3n) is 4.50. The molecule has 0 bridgehead atoms. The van der Waals surface area contributed by atoms with Gasteiger partial charge < -0.3 is 9.64 Å². The van der Waals surface area contributed by atoms with Crippen LogP contribution < -0.4 is 4.74 Å². The van der Waals surface area contributed by atoms with Crippen molar-refractivity contribution in [1.82, 2.24) is 9.80 Å². The van der Waals surface area contributed by atoms with Crippen LogP contribution >= 0.6 is 0 Å². The third-order valence-corrected chi connectivity index (χ3v) is 4.50. The van der Waals surface area contributed by atoms with Crippen LogP contribution in [0.1, 0.15) is 23.2 Å². The van der Waals surface area contributed by atoms with Crippen molar-refractivity contribution in [2.24, 2.45) is 0 Å². The van der Waals surface area contributed by atoms with Crippen molar-refractivity contribution >= 4 is 11.6 Å². The van der Waals surface area contributed by atoms with Gasteiger partial charge in [-0.25, -0.2) is 0 Å². The van der Waals surface area contributed by atoms with Crippen molar-refractivity contribution in [1.29, 1.82) is 0 Å². The van der Waals surface area contributed by atoms with Gasteiger partial charge in [-0.05, 0) is 25.5 Å². The molecule has 1 unspecified atom stereocenters. The fourth-order valence-electron chi connectivity index (χ4n) is 3.32. The van der Waals surface area contributed by atoms with Gasteiger partial charge >= 0.3 is 5.69 Å². The molecule has 0 aromatic heterocycles. The van der Waals surface area contributed by atoms with Gasteiger partial charge in [0.15, 0.2) is 5.75 Å². The van der Waals surface area contributed by atoms with E-state index in [0.29, 0.717) is 18.2 Å². The number of methoxy groups -OCH3 is 1. The van der Waals surface area contributed by atoms with Crippen molar-refractivity contribution in [3.63, 3.8) is 0 Å². The molecule has 1 aromatic rings. The number of ether oxygens (including phenoxy) is 1. The molecule has 0 spiro atoms. The van der Waals surface area contributed by atoms with Crippen LogP contribution in [0.25, 0.3) is 0 Å². The lowest BCUT2D eigenvalue weighted by Gasteiger charge is -2.37. The molecule has 2 aliphatic rings. The molecule has 1 aromatic carbocycles. The molecule has 3 rings (SSSR count). The van der Waals surface area contributed by atoms with E-state index < -0.39 is 4.92 Å². The first kappa shape index (κ1) is 14.8. The Hall–Kier alpha value is -2.15. The van der Waals surface area contributed by atoms with Crippen LogP contribution in [0.2, 0.25) is 0 Å². The Morgan fingerprint density at radius 2 is 2.18 bits per heavy atom. The quantitative estimate of drug-likeness (QED) is 0.625. The van der Waals surface area contributed by atoms with E-state index in [2.05, 4.69) is 4.90 Å². The number of nitro groups is 1. The van der Waals surface area contributed by atoms with E-state index in [1.807, 2.05) is 4.90 Å². The van der Waals surface area contributed by atoms with E-state index in [4.69, 9.17) is 4.74 Å². The van der Waals surface area contributed by atoms with Gasteiger partial charge in [-0.1, -0.05) is 0 Å². The summed E-state index contributed by atoms with van der Waals surface area (Å²) in [5.74, 6) is 0.0371. The van der Waals surface area contributed by atoms with E-state index in [1.165, 1.54) is 31.7 Å². The molecule has 0 radical (unpaired) electrons. The smallest absolute Gasteiger partial charge is 0.310 e. The minimum atomic E-state index is -0.510. The average Bonchev–Trinajstić information content (AvgIpc) is 3.00. The number of amides is 1. The number of benzene rings is 1. The lowest BCUT2D eigenvalue weighted by molar-refractivity contribution is -0.385. The summed E-state index contributed by atoms with van der Waals surface area (Å²) < 4.78 is 5.03. The molecular weight excluding hydrogens is 286 g/mol. The first-order chi connectivity index (χ1) is 10.6. The molecule has 118 valence electrons. The van der Waals surface area contributed by atoms with Crippen LogP contribution in [0.3, 0.4) is 0 Å². The lowest BCUT2D eigenvalue weighted by Crippen LogP contribution is -2.52. The van der Waals surface area contributed by atoms with E-state index in [0.717, 1.165) is 26.1 Å². The second kappa shape index (κ2) is 5.92. The normalized spacial score (nSPS) is 21.5.